The lowest BCUT2D eigenvalue weighted by Crippen LogP contribution is -2.12. The lowest BCUT2D eigenvalue weighted by Gasteiger charge is -2.06. The third-order valence-corrected chi connectivity index (χ3v) is 2.64. The minimum atomic E-state index is 0.0474. The van der Waals surface area contributed by atoms with E-state index < -0.39 is 0 Å². The van der Waals surface area contributed by atoms with Crippen molar-refractivity contribution in [1.82, 2.24) is 9.55 Å². The zero-order chi connectivity index (χ0) is 11.5. The molecule has 0 N–H and O–H groups in total. The van der Waals surface area contributed by atoms with Gasteiger partial charge in [0, 0.05) is 12.4 Å². The van der Waals surface area contributed by atoms with Gasteiger partial charge in [0.25, 0.3) is 0 Å². The number of benzene rings is 1. The molecule has 0 bridgehead atoms. The summed E-state index contributed by atoms with van der Waals surface area (Å²) in [6.45, 7) is 4.06. The number of rotatable bonds is 2. The summed E-state index contributed by atoms with van der Waals surface area (Å²) in [4.78, 5) is 15.7. The van der Waals surface area contributed by atoms with Gasteiger partial charge in [0.1, 0.15) is 6.33 Å². The molecular formula is C13H14N2O. The van der Waals surface area contributed by atoms with Crippen LogP contribution < -0.4 is 0 Å². The third kappa shape index (κ3) is 2.19. The second-order valence-electron chi connectivity index (χ2n) is 3.97. The van der Waals surface area contributed by atoms with Gasteiger partial charge in [0.15, 0.2) is 0 Å². The van der Waals surface area contributed by atoms with Crippen LogP contribution in [-0.2, 0) is 6.42 Å². The number of imidazole rings is 1. The van der Waals surface area contributed by atoms with E-state index in [1.165, 1.54) is 16.5 Å². The molecular weight excluding hydrogens is 200 g/mol. The van der Waals surface area contributed by atoms with E-state index in [1.54, 1.807) is 12.4 Å². The number of carbonyl (C=O) groups excluding carboxylic acids is 1. The van der Waals surface area contributed by atoms with E-state index in [2.05, 4.69) is 17.1 Å². The summed E-state index contributed by atoms with van der Waals surface area (Å²) in [7, 11) is 0. The molecule has 16 heavy (non-hydrogen) atoms. The maximum atomic E-state index is 11.9. The van der Waals surface area contributed by atoms with Crippen LogP contribution in [0.1, 0.15) is 21.5 Å². The van der Waals surface area contributed by atoms with Crippen molar-refractivity contribution in [3.8, 4) is 0 Å². The molecule has 0 spiro atoms. The topological polar surface area (TPSA) is 34.9 Å². The minimum Gasteiger partial charge on any atom is -0.276 e. The van der Waals surface area contributed by atoms with Crippen LogP contribution in [0.5, 0.6) is 0 Å². The molecule has 1 heterocycles. The van der Waals surface area contributed by atoms with E-state index in [4.69, 9.17) is 0 Å². The Morgan fingerprint density at radius 3 is 2.88 bits per heavy atom. The summed E-state index contributed by atoms with van der Waals surface area (Å²) >= 11 is 0. The summed E-state index contributed by atoms with van der Waals surface area (Å²) < 4.78 is 1.52. The molecule has 82 valence electrons. The number of aryl methyl sites for hydroxylation is 2. The number of nitrogens with zero attached hydrogens (tertiary/aromatic N) is 2. The Hall–Kier alpha value is -1.90. The van der Waals surface area contributed by atoms with Gasteiger partial charge >= 0.3 is 0 Å². The van der Waals surface area contributed by atoms with Crippen molar-refractivity contribution < 1.29 is 4.79 Å². The molecule has 0 radical (unpaired) electrons. The van der Waals surface area contributed by atoms with Crippen molar-refractivity contribution in [2.45, 2.75) is 20.3 Å². The molecule has 0 aliphatic heterocycles. The molecule has 2 aromatic rings. The molecule has 0 saturated heterocycles. The molecule has 0 saturated carbocycles. The first-order valence-electron chi connectivity index (χ1n) is 5.24. The minimum absolute atomic E-state index is 0.0474. The maximum absolute atomic E-state index is 11.9. The zero-order valence-electron chi connectivity index (χ0n) is 9.47. The van der Waals surface area contributed by atoms with Crippen LogP contribution in [0.3, 0.4) is 0 Å². The SMILES string of the molecule is Cc1ccc(C)c(CC(=O)n2ccnc2)c1. The second-order valence-corrected chi connectivity index (χ2v) is 3.97. The largest absolute Gasteiger partial charge is 0.276 e. The summed E-state index contributed by atoms with van der Waals surface area (Å²) in [6, 6.07) is 6.16. The second kappa shape index (κ2) is 4.31. The quantitative estimate of drug-likeness (QED) is 0.769. The van der Waals surface area contributed by atoms with Gasteiger partial charge in [0.2, 0.25) is 5.91 Å². The molecule has 0 aliphatic carbocycles. The van der Waals surface area contributed by atoms with Crippen LogP contribution in [-0.4, -0.2) is 15.5 Å². The first kappa shape index (κ1) is 10.6. The van der Waals surface area contributed by atoms with E-state index >= 15 is 0 Å². The Bertz CT molecular complexity index is 501. The molecule has 0 amide bonds. The van der Waals surface area contributed by atoms with Gasteiger partial charge in [-0.15, -0.1) is 0 Å². The first-order valence-corrected chi connectivity index (χ1v) is 5.24. The summed E-state index contributed by atoms with van der Waals surface area (Å²) in [5.41, 5.74) is 3.41. The molecule has 1 aromatic heterocycles. The molecule has 3 nitrogen and oxygen atoms in total. The molecule has 0 unspecified atom stereocenters. The summed E-state index contributed by atoms with van der Waals surface area (Å²) in [5, 5.41) is 0. The van der Waals surface area contributed by atoms with Gasteiger partial charge < -0.3 is 0 Å². The third-order valence-electron chi connectivity index (χ3n) is 2.64. The number of carbonyl (C=O) groups is 1. The van der Waals surface area contributed by atoms with E-state index in [9.17, 15) is 4.79 Å². The van der Waals surface area contributed by atoms with Gasteiger partial charge in [-0.2, -0.15) is 0 Å². The molecule has 2 rings (SSSR count). The molecule has 0 aliphatic rings. The number of hydrogen-bond donors (Lipinski definition) is 0. The van der Waals surface area contributed by atoms with Crippen LogP contribution in [0.2, 0.25) is 0 Å². The Labute approximate surface area is 94.7 Å². The highest BCUT2D eigenvalue weighted by Gasteiger charge is 2.07. The fourth-order valence-electron chi connectivity index (χ4n) is 1.65. The molecule has 1 aromatic carbocycles. The fourth-order valence-corrected chi connectivity index (χ4v) is 1.65. The van der Waals surface area contributed by atoms with Gasteiger partial charge in [0.05, 0.1) is 6.42 Å². The van der Waals surface area contributed by atoms with Gasteiger partial charge in [-0.1, -0.05) is 23.8 Å². The average molecular weight is 214 g/mol. The van der Waals surface area contributed by atoms with Crippen LogP contribution >= 0.6 is 0 Å². The summed E-state index contributed by atoms with van der Waals surface area (Å²) in [6.07, 6.45) is 5.24. The van der Waals surface area contributed by atoms with E-state index in [0.29, 0.717) is 6.42 Å². The predicted octanol–water partition coefficient (Wildman–Crippen LogP) is 2.38. The van der Waals surface area contributed by atoms with Crippen molar-refractivity contribution in [1.29, 1.82) is 0 Å². The normalized spacial score (nSPS) is 10.4. The highest BCUT2D eigenvalue weighted by molar-refractivity contribution is 5.81. The molecule has 3 heteroatoms. The lowest BCUT2D eigenvalue weighted by atomic mass is 10.0. The van der Waals surface area contributed by atoms with Crippen molar-refractivity contribution in [3.05, 3.63) is 53.6 Å². The maximum Gasteiger partial charge on any atom is 0.236 e. The lowest BCUT2D eigenvalue weighted by molar-refractivity contribution is 0.0913. The van der Waals surface area contributed by atoms with E-state index in [-0.39, 0.29) is 5.91 Å². The van der Waals surface area contributed by atoms with Crippen LogP contribution in [0.25, 0.3) is 0 Å². The smallest absolute Gasteiger partial charge is 0.236 e. The van der Waals surface area contributed by atoms with Crippen molar-refractivity contribution in [2.75, 3.05) is 0 Å². The van der Waals surface area contributed by atoms with Gasteiger partial charge in [-0.25, -0.2) is 4.98 Å². The van der Waals surface area contributed by atoms with Gasteiger partial charge in [-0.3, -0.25) is 9.36 Å². The monoisotopic (exact) mass is 214 g/mol. The predicted molar refractivity (Wildman–Crippen MR) is 62.5 cm³/mol. The van der Waals surface area contributed by atoms with E-state index in [1.807, 2.05) is 19.9 Å². The summed E-state index contributed by atoms with van der Waals surface area (Å²) in [5.74, 6) is 0.0474. The van der Waals surface area contributed by atoms with Crippen LogP contribution in [0.4, 0.5) is 0 Å². The Balaban J connectivity index is 2.21. The number of aromatic nitrogens is 2. The average Bonchev–Trinajstić information content (AvgIpc) is 2.76. The zero-order valence-corrected chi connectivity index (χ0v) is 9.47. The highest BCUT2D eigenvalue weighted by atomic mass is 16.2. The van der Waals surface area contributed by atoms with Crippen molar-refractivity contribution in [2.24, 2.45) is 0 Å². The first-order chi connectivity index (χ1) is 7.66. The Morgan fingerprint density at radius 1 is 1.38 bits per heavy atom. The Morgan fingerprint density at radius 2 is 2.19 bits per heavy atom. The number of hydrogen-bond acceptors (Lipinski definition) is 2. The van der Waals surface area contributed by atoms with Crippen molar-refractivity contribution in [3.63, 3.8) is 0 Å². The highest BCUT2D eigenvalue weighted by Crippen LogP contribution is 2.12. The standard InChI is InChI=1S/C13H14N2O/c1-10-3-4-11(2)12(7-10)8-13(16)15-6-5-14-9-15/h3-7,9H,8H2,1-2H3. The fraction of sp³-hybridized carbons (Fsp3) is 0.231. The van der Waals surface area contributed by atoms with Crippen LogP contribution in [0, 0.1) is 13.8 Å². The molecule has 0 atom stereocenters. The van der Waals surface area contributed by atoms with E-state index in [0.717, 1.165) is 11.1 Å². The Kier molecular flexibility index (Phi) is 2.86. The molecule has 0 fully saturated rings. The van der Waals surface area contributed by atoms with Gasteiger partial charge in [-0.05, 0) is 25.0 Å². The van der Waals surface area contributed by atoms with Crippen LogP contribution in [0.15, 0.2) is 36.9 Å². The van der Waals surface area contributed by atoms with Crippen molar-refractivity contribution >= 4 is 5.91 Å².